The van der Waals surface area contributed by atoms with Crippen molar-refractivity contribution in [2.75, 3.05) is 26.2 Å². The van der Waals surface area contributed by atoms with E-state index in [0.29, 0.717) is 23.1 Å². The summed E-state index contributed by atoms with van der Waals surface area (Å²) >= 11 is 0. The Morgan fingerprint density at radius 1 is 0.875 bits per heavy atom. The molecule has 0 unspecified atom stereocenters. The van der Waals surface area contributed by atoms with E-state index in [1.807, 2.05) is 0 Å². The van der Waals surface area contributed by atoms with Gasteiger partial charge in [0.1, 0.15) is 11.3 Å². The first-order valence-electron chi connectivity index (χ1n) is 12.1. The molecule has 0 amide bonds. The van der Waals surface area contributed by atoms with E-state index in [9.17, 15) is 9.59 Å². The Morgan fingerprint density at radius 2 is 1.47 bits per heavy atom. The molecule has 0 N–H and O–H groups in total. The van der Waals surface area contributed by atoms with E-state index < -0.39 is 0 Å². The van der Waals surface area contributed by atoms with Gasteiger partial charge in [-0.05, 0) is 52.2 Å². The second kappa shape index (κ2) is 15.2. The van der Waals surface area contributed by atoms with Crippen LogP contribution in [0.5, 0.6) is 5.75 Å². The summed E-state index contributed by atoms with van der Waals surface area (Å²) in [6, 6.07) is 6.25. The van der Waals surface area contributed by atoms with Gasteiger partial charge >= 0.3 is 5.97 Å². The second-order valence-electron chi connectivity index (χ2n) is 8.51. The summed E-state index contributed by atoms with van der Waals surface area (Å²) in [4.78, 5) is 23.8. The average Bonchev–Trinajstić information content (AvgIpc) is 2.78. The Morgan fingerprint density at radius 3 is 2.09 bits per heavy atom. The Balaban J connectivity index is 0.00000512. The lowest BCUT2D eigenvalue weighted by molar-refractivity contribution is -0.923. The number of nitrogens with zero attached hydrogens (tertiary/aromatic N) is 1. The van der Waals surface area contributed by atoms with Crippen LogP contribution in [0.2, 0.25) is 0 Å². The summed E-state index contributed by atoms with van der Waals surface area (Å²) in [5.74, 6) is 0.186. The lowest BCUT2D eigenvalue weighted by Gasteiger charge is -2.35. The van der Waals surface area contributed by atoms with Crippen molar-refractivity contribution in [1.29, 1.82) is 0 Å². The van der Waals surface area contributed by atoms with E-state index in [4.69, 9.17) is 9.15 Å². The number of carbonyl (C=O) groups excluding carboxylic acids is 1. The number of rotatable bonds is 15. The number of benzene rings is 1. The number of quaternary nitrogens is 1. The molecule has 0 spiro atoms. The molecule has 5 nitrogen and oxygen atoms in total. The second-order valence-corrected chi connectivity index (χ2v) is 8.51. The monoisotopic (exact) mass is 509 g/mol. The van der Waals surface area contributed by atoms with Crippen molar-refractivity contribution in [3.8, 4) is 5.75 Å². The van der Waals surface area contributed by atoms with Gasteiger partial charge < -0.3 is 30.6 Å². The molecule has 1 aromatic heterocycles. The molecule has 0 aliphatic carbocycles. The minimum atomic E-state index is -0.234. The minimum absolute atomic E-state index is 0. The van der Waals surface area contributed by atoms with Crippen molar-refractivity contribution in [2.24, 2.45) is 0 Å². The van der Waals surface area contributed by atoms with Gasteiger partial charge in [0.15, 0.2) is 5.43 Å². The molecule has 2 aromatic rings. The summed E-state index contributed by atoms with van der Waals surface area (Å²) in [5.41, 5.74) is 0.329. The van der Waals surface area contributed by atoms with Gasteiger partial charge in [0, 0.05) is 18.6 Å². The minimum Gasteiger partial charge on any atom is -1.00 e. The Labute approximate surface area is 203 Å². The van der Waals surface area contributed by atoms with Crippen LogP contribution < -0.4 is 27.1 Å². The molecule has 1 heterocycles. The fourth-order valence-corrected chi connectivity index (χ4v) is 4.23. The first kappa shape index (κ1) is 28.4. The predicted octanol–water partition coefficient (Wildman–Crippen LogP) is 3.09. The summed E-state index contributed by atoms with van der Waals surface area (Å²) < 4.78 is 12.0. The quantitative estimate of drug-likeness (QED) is 0.160. The molecular formula is C26H40BrNO4. The van der Waals surface area contributed by atoms with Crippen LogP contribution in [0.1, 0.15) is 78.6 Å². The normalized spacial score (nSPS) is 11.3. The maximum Gasteiger partial charge on any atom is 0.311 e. The maximum absolute atomic E-state index is 12.1. The number of hydrogen-bond donors (Lipinski definition) is 0. The fraction of sp³-hybridized carbons (Fsp3) is 0.615. The number of hydrogen-bond acceptors (Lipinski definition) is 4. The lowest BCUT2D eigenvalue weighted by atomic mass is 10.1. The number of esters is 1. The van der Waals surface area contributed by atoms with Crippen molar-refractivity contribution in [1.82, 2.24) is 0 Å². The molecule has 0 saturated carbocycles. The van der Waals surface area contributed by atoms with Crippen molar-refractivity contribution >= 4 is 16.9 Å². The van der Waals surface area contributed by atoms with Crippen LogP contribution >= 0.6 is 0 Å². The van der Waals surface area contributed by atoms with E-state index in [1.54, 1.807) is 18.2 Å². The molecule has 0 aliphatic rings. The van der Waals surface area contributed by atoms with Crippen LogP contribution in [0.3, 0.4) is 0 Å². The van der Waals surface area contributed by atoms with E-state index >= 15 is 0 Å². The van der Waals surface area contributed by atoms with Gasteiger partial charge in [0.2, 0.25) is 0 Å². The molecule has 0 aliphatic heterocycles. The Kier molecular flexibility index (Phi) is 13.5. The van der Waals surface area contributed by atoms with E-state index in [0.717, 1.165) is 12.8 Å². The van der Waals surface area contributed by atoms with Crippen molar-refractivity contribution < 1.29 is 35.4 Å². The SMILES string of the molecule is CC[N+](CC)(CC)CCCCCCCCCCC(=O)Oc1ccc2c(=O)ccoc2c1.[Br-]. The van der Waals surface area contributed by atoms with Gasteiger partial charge in [-0.25, -0.2) is 0 Å². The molecule has 0 fully saturated rings. The fourth-order valence-electron chi connectivity index (χ4n) is 4.23. The molecule has 6 heteroatoms. The van der Waals surface area contributed by atoms with Gasteiger partial charge in [0.05, 0.1) is 37.8 Å². The Hall–Kier alpha value is -1.66. The number of fused-ring (bicyclic) bond motifs is 1. The van der Waals surface area contributed by atoms with E-state index in [1.165, 1.54) is 81.5 Å². The number of carbonyl (C=O) groups is 1. The summed E-state index contributed by atoms with van der Waals surface area (Å²) in [5, 5.41) is 0.488. The maximum atomic E-state index is 12.1. The molecule has 1 aromatic carbocycles. The van der Waals surface area contributed by atoms with Crippen LogP contribution in [-0.4, -0.2) is 36.6 Å². The molecule has 32 heavy (non-hydrogen) atoms. The highest BCUT2D eigenvalue weighted by Gasteiger charge is 2.19. The molecule has 0 atom stereocenters. The summed E-state index contributed by atoms with van der Waals surface area (Å²) in [6.07, 6.45) is 11.4. The van der Waals surface area contributed by atoms with Crippen molar-refractivity contribution in [2.45, 2.75) is 78.6 Å². The third-order valence-electron chi connectivity index (χ3n) is 6.64. The summed E-state index contributed by atoms with van der Waals surface area (Å²) in [6.45, 7) is 12.0. The topological polar surface area (TPSA) is 56.5 Å². The van der Waals surface area contributed by atoms with Gasteiger partial charge in [0.25, 0.3) is 0 Å². The molecule has 0 bridgehead atoms. The molecule has 0 radical (unpaired) electrons. The molecular weight excluding hydrogens is 470 g/mol. The highest BCUT2D eigenvalue weighted by Crippen LogP contribution is 2.19. The zero-order valence-electron chi connectivity index (χ0n) is 20.0. The first-order chi connectivity index (χ1) is 15.0. The standard InChI is InChI=1S/C26H40NO4.BrH/c1-4-27(5-2,6-3)19-14-12-10-8-7-9-11-13-15-26(29)31-22-16-17-23-24(28)18-20-30-25(23)21-22;/h16-18,20-21H,4-15,19H2,1-3H3;1H/q+1;/p-1. The van der Waals surface area contributed by atoms with Gasteiger partial charge in [-0.15, -0.1) is 0 Å². The van der Waals surface area contributed by atoms with Crippen LogP contribution in [0, 0.1) is 0 Å². The first-order valence-corrected chi connectivity index (χ1v) is 12.1. The van der Waals surface area contributed by atoms with Crippen LogP contribution in [0.25, 0.3) is 11.0 Å². The predicted molar refractivity (Wildman–Crippen MR) is 126 cm³/mol. The summed E-state index contributed by atoms with van der Waals surface area (Å²) in [7, 11) is 0. The zero-order chi connectivity index (χ0) is 22.5. The van der Waals surface area contributed by atoms with Gasteiger partial charge in [-0.2, -0.15) is 0 Å². The highest BCUT2D eigenvalue weighted by atomic mass is 79.9. The number of unbranched alkanes of at least 4 members (excludes halogenated alkanes) is 7. The van der Waals surface area contributed by atoms with E-state index in [2.05, 4.69) is 20.8 Å². The molecule has 180 valence electrons. The van der Waals surface area contributed by atoms with Crippen LogP contribution in [0.15, 0.2) is 39.7 Å². The van der Waals surface area contributed by atoms with Crippen LogP contribution in [-0.2, 0) is 4.79 Å². The third kappa shape index (κ3) is 9.07. The lowest BCUT2D eigenvalue weighted by Crippen LogP contribution is -3.00. The van der Waals surface area contributed by atoms with E-state index in [-0.39, 0.29) is 28.4 Å². The smallest absolute Gasteiger partial charge is 0.311 e. The van der Waals surface area contributed by atoms with Crippen molar-refractivity contribution in [3.05, 3.63) is 40.8 Å². The zero-order valence-corrected chi connectivity index (χ0v) is 21.6. The third-order valence-corrected chi connectivity index (χ3v) is 6.64. The average molecular weight is 511 g/mol. The largest absolute Gasteiger partial charge is 1.00 e. The number of ether oxygens (including phenoxy) is 1. The molecule has 2 rings (SSSR count). The molecule has 0 saturated heterocycles. The Bertz CT molecular complexity index is 852. The number of halogens is 1. The van der Waals surface area contributed by atoms with Crippen LogP contribution in [0.4, 0.5) is 0 Å². The van der Waals surface area contributed by atoms with Gasteiger partial charge in [-0.3, -0.25) is 9.59 Å². The van der Waals surface area contributed by atoms with Gasteiger partial charge in [-0.1, -0.05) is 32.1 Å². The highest BCUT2D eigenvalue weighted by molar-refractivity contribution is 5.79. The van der Waals surface area contributed by atoms with Crippen molar-refractivity contribution in [3.63, 3.8) is 0 Å².